The Bertz CT molecular complexity index is 489. The first kappa shape index (κ1) is 16.4. The summed E-state index contributed by atoms with van der Waals surface area (Å²) in [6, 6.07) is -0.974. The molecule has 1 aliphatic carbocycles. The van der Waals surface area contributed by atoms with Gasteiger partial charge >= 0.3 is 0 Å². The molecular formula is C15H22N4O3. The molecule has 1 fully saturated rings. The van der Waals surface area contributed by atoms with Gasteiger partial charge in [-0.05, 0) is 18.8 Å². The van der Waals surface area contributed by atoms with Crippen molar-refractivity contribution in [2.45, 2.75) is 38.1 Å². The Labute approximate surface area is 129 Å². The highest BCUT2D eigenvalue weighted by Crippen LogP contribution is 2.22. The summed E-state index contributed by atoms with van der Waals surface area (Å²) in [7, 11) is 0. The van der Waals surface area contributed by atoms with Gasteiger partial charge in [0.05, 0.1) is 12.8 Å². The standard InChI is InChI=1S/C15H22N4O3/c20-10-13(19-15(22)12-9-16-6-7-17-12)14(21)18-8-11-4-2-1-3-5-11/h6-7,9,11,13,20H,1-5,8,10H2,(H,18,21)(H,19,22). The van der Waals surface area contributed by atoms with E-state index in [2.05, 4.69) is 20.6 Å². The van der Waals surface area contributed by atoms with Crippen molar-refractivity contribution >= 4 is 11.8 Å². The zero-order valence-corrected chi connectivity index (χ0v) is 12.5. The average Bonchev–Trinajstić information content (AvgIpc) is 2.59. The minimum atomic E-state index is -0.974. The van der Waals surface area contributed by atoms with Crippen LogP contribution in [0.5, 0.6) is 0 Å². The number of carbonyl (C=O) groups is 2. The van der Waals surface area contributed by atoms with Crippen LogP contribution in [0.4, 0.5) is 0 Å². The minimum absolute atomic E-state index is 0.112. The Morgan fingerprint density at radius 3 is 2.68 bits per heavy atom. The molecule has 1 heterocycles. The van der Waals surface area contributed by atoms with Crippen molar-refractivity contribution in [2.24, 2.45) is 5.92 Å². The lowest BCUT2D eigenvalue weighted by molar-refractivity contribution is -0.124. The Morgan fingerprint density at radius 2 is 2.05 bits per heavy atom. The maximum atomic E-state index is 12.1. The van der Waals surface area contributed by atoms with Crippen LogP contribution in [0, 0.1) is 5.92 Å². The predicted octanol–water partition coefficient (Wildman–Crippen LogP) is 0.264. The van der Waals surface area contributed by atoms with E-state index < -0.39 is 18.6 Å². The van der Waals surface area contributed by atoms with E-state index in [1.54, 1.807) is 0 Å². The van der Waals surface area contributed by atoms with Crippen LogP contribution in [0.2, 0.25) is 0 Å². The van der Waals surface area contributed by atoms with Crippen molar-refractivity contribution in [3.8, 4) is 0 Å². The van der Waals surface area contributed by atoms with Crippen molar-refractivity contribution in [1.82, 2.24) is 20.6 Å². The fraction of sp³-hybridized carbons (Fsp3) is 0.600. The molecule has 0 spiro atoms. The molecule has 1 atom stereocenters. The van der Waals surface area contributed by atoms with Gasteiger partial charge in [0.15, 0.2) is 0 Å². The maximum absolute atomic E-state index is 12.1. The van der Waals surface area contributed by atoms with Gasteiger partial charge < -0.3 is 15.7 Å². The number of aliphatic hydroxyl groups excluding tert-OH is 1. The molecule has 0 aliphatic heterocycles. The topological polar surface area (TPSA) is 104 Å². The van der Waals surface area contributed by atoms with Gasteiger partial charge in [-0.3, -0.25) is 14.6 Å². The summed E-state index contributed by atoms with van der Waals surface area (Å²) < 4.78 is 0. The fourth-order valence-corrected chi connectivity index (χ4v) is 2.60. The molecule has 1 aromatic rings. The Kier molecular flexibility index (Phi) is 6.27. The van der Waals surface area contributed by atoms with Gasteiger partial charge in [-0.2, -0.15) is 0 Å². The van der Waals surface area contributed by atoms with Gasteiger partial charge in [-0.1, -0.05) is 19.3 Å². The van der Waals surface area contributed by atoms with Crippen LogP contribution >= 0.6 is 0 Å². The monoisotopic (exact) mass is 306 g/mol. The van der Waals surface area contributed by atoms with E-state index in [0.29, 0.717) is 12.5 Å². The Hall–Kier alpha value is -2.02. The quantitative estimate of drug-likeness (QED) is 0.699. The molecule has 2 rings (SSSR count). The number of aromatic nitrogens is 2. The molecule has 0 bridgehead atoms. The Balaban J connectivity index is 1.82. The molecule has 7 nitrogen and oxygen atoms in total. The van der Waals surface area contributed by atoms with Crippen LogP contribution in [0.25, 0.3) is 0 Å². The molecule has 1 unspecified atom stereocenters. The molecule has 22 heavy (non-hydrogen) atoms. The number of nitrogens with one attached hydrogen (secondary N) is 2. The van der Waals surface area contributed by atoms with E-state index in [0.717, 1.165) is 12.8 Å². The number of hydrogen-bond acceptors (Lipinski definition) is 5. The summed E-state index contributed by atoms with van der Waals surface area (Å²) in [5.41, 5.74) is 0.112. The molecule has 2 amide bonds. The van der Waals surface area contributed by atoms with Crippen LogP contribution in [-0.2, 0) is 4.79 Å². The smallest absolute Gasteiger partial charge is 0.272 e. The zero-order chi connectivity index (χ0) is 15.8. The van der Waals surface area contributed by atoms with Crippen LogP contribution < -0.4 is 10.6 Å². The van der Waals surface area contributed by atoms with Gasteiger partial charge in [-0.15, -0.1) is 0 Å². The summed E-state index contributed by atoms with van der Waals surface area (Å²) in [5.74, 6) is -0.405. The highest BCUT2D eigenvalue weighted by Gasteiger charge is 2.22. The second kappa shape index (κ2) is 8.43. The third kappa shape index (κ3) is 4.77. The predicted molar refractivity (Wildman–Crippen MR) is 80.0 cm³/mol. The van der Waals surface area contributed by atoms with Crippen LogP contribution in [0.15, 0.2) is 18.6 Å². The van der Waals surface area contributed by atoms with Crippen molar-refractivity contribution in [3.05, 3.63) is 24.3 Å². The number of aliphatic hydroxyl groups is 1. The summed E-state index contributed by atoms with van der Waals surface area (Å²) in [6.07, 6.45) is 10.1. The lowest BCUT2D eigenvalue weighted by Crippen LogP contribution is -2.50. The minimum Gasteiger partial charge on any atom is -0.394 e. The second-order valence-corrected chi connectivity index (χ2v) is 5.55. The number of hydrogen-bond donors (Lipinski definition) is 3. The highest BCUT2D eigenvalue weighted by atomic mass is 16.3. The Morgan fingerprint density at radius 1 is 1.27 bits per heavy atom. The molecule has 1 aliphatic rings. The van der Waals surface area contributed by atoms with Gasteiger partial charge in [0.2, 0.25) is 5.91 Å². The van der Waals surface area contributed by atoms with E-state index in [4.69, 9.17) is 0 Å². The van der Waals surface area contributed by atoms with Crippen LogP contribution in [-0.4, -0.2) is 46.1 Å². The van der Waals surface area contributed by atoms with E-state index in [-0.39, 0.29) is 11.6 Å². The highest BCUT2D eigenvalue weighted by molar-refractivity contribution is 5.95. The first-order valence-corrected chi connectivity index (χ1v) is 7.66. The largest absolute Gasteiger partial charge is 0.394 e. The van der Waals surface area contributed by atoms with Crippen molar-refractivity contribution in [2.75, 3.05) is 13.2 Å². The zero-order valence-electron chi connectivity index (χ0n) is 12.5. The number of rotatable bonds is 6. The first-order valence-electron chi connectivity index (χ1n) is 7.66. The van der Waals surface area contributed by atoms with E-state index in [1.165, 1.54) is 37.9 Å². The van der Waals surface area contributed by atoms with Gasteiger partial charge in [0.1, 0.15) is 11.7 Å². The van der Waals surface area contributed by atoms with E-state index >= 15 is 0 Å². The third-order valence-electron chi connectivity index (χ3n) is 3.89. The van der Waals surface area contributed by atoms with Crippen LogP contribution in [0.3, 0.4) is 0 Å². The lowest BCUT2D eigenvalue weighted by Gasteiger charge is -2.23. The van der Waals surface area contributed by atoms with Gasteiger partial charge in [0.25, 0.3) is 5.91 Å². The molecule has 7 heteroatoms. The number of carbonyl (C=O) groups excluding carboxylic acids is 2. The van der Waals surface area contributed by atoms with Gasteiger partial charge in [0, 0.05) is 18.9 Å². The first-order chi connectivity index (χ1) is 10.7. The molecule has 1 saturated carbocycles. The molecule has 0 radical (unpaired) electrons. The molecule has 1 aromatic heterocycles. The normalized spacial score (nSPS) is 16.8. The SMILES string of the molecule is O=C(NC(CO)C(=O)NCC1CCCCC1)c1cnccn1. The summed E-state index contributed by atoms with van der Waals surface area (Å²) in [6.45, 7) is 0.138. The fourth-order valence-electron chi connectivity index (χ4n) is 2.60. The average molecular weight is 306 g/mol. The molecular weight excluding hydrogens is 284 g/mol. The van der Waals surface area contributed by atoms with Crippen molar-refractivity contribution in [1.29, 1.82) is 0 Å². The van der Waals surface area contributed by atoms with Crippen molar-refractivity contribution in [3.63, 3.8) is 0 Å². The lowest BCUT2D eigenvalue weighted by atomic mass is 9.89. The molecule has 3 N–H and O–H groups in total. The molecule has 0 saturated heterocycles. The summed E-state index contributed by atoms with van der Waals surface area (Å²) in [5, 5.41) is 14.6. The molecule has 120 valence electrons. The van der Waals surface area contributed by atoms with Gasteiger partial charge in [-0.25, -0.2) is 4.98 Å². The summed E-state index contributed by atoms with van der Waals surface area (Å²) in [4.78, 5) is 31.6. The molecule has 0 aromatic carbocycles. The van der Waals surface area contributed by atoms with E-state index in [9.17, 15) is 14.7 Å². The van der Waals surface area contributed by atoms with E-state index in [1.807, 2.05) is 0 Å². The second-order valence-electron chi connectivity index (χ2n) is 5.55. The third-order valence-corrected chi connectivity index (χ3v) is 3.89. The van der Waals surface area contributed by atoms with Crippen LogP contribution in [0.1, 0.15) is 42.6 Å². The summed E-state index contributed by atoms with van der Waals surface area (Å²) >= 11 is 0. The number of nitrogens with zero attached hydrogens (tertiary/aromatic N) is 2. The maximum Gasteiger partial charge on any atom is 0.272 e. The van der Waals surface area contributed by atoms with Crippen molar-refractivity contribution < 1.29 is 14.7 Å². The number of amides is 2.